The van der Waals surface area contributed by atoms with Crippen LogP contribution in [-0.4, -0.2) is 11.5 Å². The van der Waals surface area contributed by atoms with Crippen LogP contribution in [0.15, 0.2) is 42.5 Å². The van der Waals surface area contributed by atoms with Crippen molar-refractivity contribution in [2.75, 3.05) is 11.9 Å². The largest absolute Gasteiger partial charge is 0.389 e. The molecule has 0 saturated heterocycles. The number of nitrogens with one attached hydrogen (secondary N) is 1. The maximum atomic E-state index is 6.13. The van der Waals surface area contributed by atoms with Gasteiger partial charge in [0.2, 0.25) is 0 Å². The standard InChI is InChI=1S/C16H17ClN2S/c1-11-3-2-4-12(9-11)7-8-19-13-5-6-14(16(18)20)15(17)10-13/h2-6,9-10,19H,7-8H2,1H3,(H2,18,20). The Morgan fingerprint density at radius 3 is 2.70 bits per heavy atom. The molecule has 0 radical (unpaired) electrons. The van der Waals surface area contributed by atoms with Gasteiger partial charge in [-0.3, -0.25) is 0 Å². The Labute approximate surface area is 130 Å². The van der Waals surface area contributed by atoms with Crippen LogP contribution in [0.5, 0.6) is 0 Å². The SMILES string of the molecule is Cc1cccc(CCNc2ccc(C(N)=S)c(Cl)c2)c1. The zero-order valence-electron chi connectivity index (χ0n) is 11.3. The number of rotatable bonds is 5. The van der Waals surface area contributed by atoms with E-state index in [4.69, 9.17) is 29.6 Å². The number of hydrogen-bond donors (Lipinski definition) is 2. The molecule has 0 unspecified atom stereocenters. The van der Waals surface area contributed by atoms with Crippen LogP contribution in [-0.2, 0) is 6.42 Å². The lowest BCUT2D eigenvalue weighted by Gasteiger charge is -2.09. The van der Waals surface area contributed by atoms with Crippen LogP contribution in [0.2, 0.25) is 5.02 Å². The number of halogens is 1. The summed E-state index contributed by atoms with van der Waals surface area (Å²) in [6.45, 7) is 2.96. The Kier molecular flexibility index (Phi) is 4.99. The number of thiocarbonyl (C=S) groups is 1. The van der Waals surface area contributed by atoms with Crippen LogP contribution in [0.4, 0.5) is 5.69 Å². The Morgan fingerprint density at radius 1 is 1.25 bits per heavy atom. The van der Waals surface area contributed by atoms with Crippen LogP contribution >= 0.6 is 23.8 Å². The molecule has 0 aliphatic carbocycles. The van der Waals surface area contributed by atoms with Gasteiger partial charge in [0, 0.05) is 17.8 Å². The highest BCUT2D eigenvalue weighted by Gasteiger charge is 2.04. The summed E-state index contributed by atoms with van der Waals surface area (Å²) in [7, 11) is 0. The summed E-state index contributed by atoms with van der Waals surface area (Å²) in [5.41, 5.74) is 9.88. The molecule has 0 aromatic heterocycles. The fraction of sp³-hybridized carbons (Fsp3) is 0.188. The van der Waals surface area contributed by atoms with E-state index in [-0.39, 0.29) is 0 Å². The molecule has 20 heavy (non-hydrogen) atoms. The smallest absolute Gasteiger partial charge is 0.105 e. The van der Waals surface area contributed by atoms with Crippen molar-refractivity contribution in [3.05, 3.63) is 64.2 Å². The van der Waals surface area contributed by atoms with E-state index in [0.29, 0.717) is 15.6 Å². The summed E-state index contributed by atoms with van der Waals surface area (Å²) in [6, 6.07) is 14.2. The van der Waals surface area contributed by atoms with Crippen LogP contribution in [0.3, 0.4) is 0 Å². The van der Waals surface area contributed by atoms with Gasteiger partial charge in [-0.2, -0.15) is 0 Å². The monoisotopic (exact) mass is 304 g/mol. The third kappa shape index (κ3) is 3.95. The van der Waals surface area contributed by atoms with E-state index in [9.17, 15) is 0 Å². The van der Waals surface area contributed by atoms with Gasteiger partial charge in [0.15, 0.2) is 0 Å². The van der Waals surface area contributed by atoms with E-state index < -0.39 is 0 Å². The summed E-state index contributed by atoms with van der Waals surface area (Å²) >= 11 is 11.1. The molecule has 3 N–H and O–H groups in total. The number of anilines is 1. The molecular weight excluding hydrogens is 288 g/mol. The number of hydrogen-bond acceptors (Lipinski definition) is 2. The van der Waals surface area contributed by atoms with Crippen LogP contribution < -0.4 is 11.1 Å². The average Bonchev–Trinajstić information content (AvgIpc) is 2.38. The molecule has 0 spiro atoms. The van der Waals surface area contributed by atoms with E-state index in [1.54, 1.807) is 0 Å². The van der Waals surface area contributed by atoms with Gasteiger partial charge in [-0.15, -0.1) is 0 Å². The highest BCUT2D eigenvalue weighted by Crippen LogP contribution is 2.21. The van der Waals surface area contributed by atoms with E-state index >= 15 is 0 Å². The Balaban J connectivity index is 1.94. The topological polar surface area (TPSA) is 38.0 Å². The fourth-order valence-electron chi connectivity index (χ4n) is 2.04. The Bertz CT molecular complexity index is 626. The highest BCUT2D eigenvalue weighted by atomic mass is 35.5. The summed E-state index contributed by atoms with van der Waals surface area (Å²) < 4.78 is 0. The van der Waals surface area contributed by atoms with Gasteiger partial charge < -0.3 is 11.1 Å². The van der Waals surface area contributed by atoms with Gasteiger partial charge >= 0.3 is 0 Å². The first-order chi connectivity index (χ1) is 9.56. The molecule has 0 fully saturated rings. The van der Waals surface area contributed by atoms with E-state index in [1.807, 2.05) is 18.2 Å². The van der Waals surface area contributed by atoms with Crippen molar-refractivity contribution in [2.45, 2.75) is 13.3 Å². The van der Waals surface area contributed by atoms with Crippen molar-refractivity contribution < 1.29 is 0 Å². The second-order valence-corrected chi connectivity index (χ2v) is 5.57. The molecule has 0 amide bonds. The molecule has 2 aromatic rings. The molecule has 2 nitrogen and oxygen atoms in total. The molecule has 4 heteroatoms. The number of benzene rings is 2. The van der Waals surface area contributed by atoms with Crippen molar-refractivity contribution in [1.29, 1.82) is 0 Å². The second-order valence-electron chi connectivity index (χ2n) is 4.72. The van der Waals surface area contributed by atoms with Gasteiger partial charge in [0.1, 0.15) is 4.99 Å². The first-order valence-electron chi connectivity index (χ1n) is 6.45. The van der Waals surface area contributed by atoms with E-state index in [2.05, 4.69) is 36.5 Å². The van der Waals surface area contributed by atoms with Crippen LogP contribution in [0.25, 0.3) is 0 Å². The minimum Gasteiger partial charge on any atom is -0.389 e. The normalized spacial score (nSPS) is 10.3. The lowest BCUT2D eigenvalue weighted by molar-refractivity contribution is 1.02. The van der Waals surface area contributed by atoms with Crippen LogP contribution in [0.1, 0.15) is 16.7 Å². The lowest BCUT2D eigenvalue weighted by Crippen LogP contribution is -2.10. The predicted octanol–water partition coefficient (Wildman–Crippen LogP) is 3.94. The first kappa shape index (κ1) is 14.8. The Morgan fingerprint density at radius 2 is 2.05 bits per heavy atom. The third-order valence-corrected chi connectivity index (χ3v) is 3.59. The van der Waals surface area contributed by atoms with E-state index in [1.165, 1.54) is 11.1 Å². The summed E-state index contributed by atoms with van der Waals surface area (Å²) in [5.74, 6) is 0. The van der Waals surface area contributed by atoms with Crippen molar-refractivity contribution in [3.63, 3.8) is 0 Å². The molecule has 0 bridgehead atoms. The lowest BCUT2D eigenvalue weighted by atomic mass is 10.1. The maximum absolute atomic E-state index is 6.13. The van der Waals surface area contributed by atoms with Gasteiger partial charge in [-0.05, 0) is 37.1 Å². The zero-order valence-corrected chi connectivity index (χ0v) is 12.9. The van der Waals surface area contributed by atoms with Gasteiger partial charge in [-0.25, -0.2) is 0 Å². The second kappa shape index (κ2) is 6.73. The minimum absolute atomic E-state index is 0.321. The zero-order chi connectivity index (χ0) is 14.5. The third-order valence-electron chi connectivity index (χ3n) is 3.06. The van der Waals surface area contributed by atoms with Gasteiger partial charge in [0.05, 0.1) is 5.02 Å². The minimum atomic E-state index is 0.321. The van der Waals surface area contributed by atoms with Crippen molar-refractivity contribution in [3.8, 4) is 0 Å². The van der Waals surface area contributed by atoms with Crippen molar-refractivity contribution in [2.24, 2.45) is 5.73 Å². The molecule has 2 rings (SSSR count). The first-order valence-corrected chi connectivity index (χ1v) is 7.23. The molecule has 0 aliphatic rings. The summed E-state index contributed by atoms with van der Waals surface area (Å²) in [4.78, 5) is 0.321. The number of nitrogens with two attached hydrogens (primary N) is 1. The molecule has 0 saturated carbocycles. The van der Waals surface area contributed by atoms with Gasteiger partial charge in [0.25, 0.3) is 0 Å². The number of aryl methyl sites for hydroxylation is 1. The molecule has 2 aromatic carbocycles. The molecule has 104 valence electrons. The molecule has 0 atom stereocenters. The van der Waals surface area contributed by atoms with Crippen molar-refractivity contribution >= 4 is 34.5 Å². The predicted molar refractivity (Wildman–Crippen MR) is 90.7 cm³/mol. The molecule has 0 aliphatic heterocycles. The maximum Gasteiger partial charge on any atom is 0.105 e. The van der Waals surface area contributed by atoms with Gasteiger partial charge in [-0.1, -0.05) is 53.6 Å². The van der Waals surface area contributed by atoms with Crippen LogP contribution in [0, 0.1) is 6.92 Å². The average molecular weight is 305 g/mol. The Hall–Kier alpha value is -1.58. The molecular formula is C16H17ClN2S. The highest BCUT2D eigenvalue weighted by molar-refractivity contribution is 7.80. The summed E-state index contributed by atoms with van der Waals surface area (Å²) in [6.07, 6.45) is 0.969. The summed E-state index contributed by atoms with van der Waals surface area (Å²) in [5, 5.41) is 3.93. The fourth-order valence-corrected chi connectivity index (χ4v) is 2.56. The quantitative estimate of drug-likeness (QED) is 0.822. The van der Waals surface area contributed by atoms with E-state index in [0.717, 1.165) is 18.7 Å². The molecule has 0 heterocycles. The van der Waals surface area contributed by atoms with Crippen molar-refractivity contribution in [1.82, 2.24) is 0 Å².